The molecule has 1 aliphatic rings. The second-order valence-electron chi connectivity index (χ2n) is 6.24. The van der Waals surface area contributed by atoms with Crippen molar-refractivity contribution in [3.05, 3.63) is 54.5 Å². The van der Waals surface area contributed by atoms with E-state index in [1.54, 1.807) is 25.3 Å². The number of hydrogen-bond acceptors (Lipinski definition) is 5. The Hall–Kier alpha value is -3.06. The lowest BCUT2D eigenvalue weighted by Gasteiger charge is -2.28. The molecule has 1 aromatic carbocycles. The van der Waals surface area contributed by atoms with Crippen molar-refractivity contribution in [3.8, 4) is 0 Å². The summed E-state index contributed by atoms with van der Waals surface area (Å²) in [6, 6.07) is 11.2. The molecule has 0 saturated carbocycles. The van der Waals surface area contributed by atoms with Crippen LogP contribution in [0.4, 0.5) is 11.4 Å². The summed E-state index contributed by atoms with van der Waals surface area (Å²) in [5.74, 6) is 0.0575. The number of carbonyl (C=O) groups excluding carboxylic acids is 2. The molecule has 2 aromatic rings. The third kappa shape index (κ3) is 5.46. The van der Waals surface area contributed by atoms with E-state index in [1.807, 2.05) is 24.3 Å². The molecule has 0 aliphatic carbocycles. The Morgan fingerprint density at radius 1 is 1.19 bits per heavy atom. The fraction of sp³-hybridized carbons (Fsp3) is 0.300. The minimum absolute atomic E-state index is 0.0352. The highest BCUT2D eigenvalue weighted by molar-refractivity contribution is 5.97. The van der Waals surface area contributed by atoms with Crippen molar-refractivity contribution in [1.82, 2.24) is 4.90 Å². The minimum atomic E-state index is -0.274. The van der Waals surface area contributed by atoms with E-state index in [9.17, 15) is 9.59 Å². The Morgan fingerprint density at radius 2 is 1.93 bits per heavy atom. The van der Waals surface area contributed by atoms with E-state index in [-0.39, 0.29) is 18.4 Å². The molecule has 0 unspecified atom stereocenters. The van der Waals surface area contributed by atoms with E-state index >= 15 is 0 Å². The second kappa shape index (κ2) is 9.05. The zero-order valence-corrected chi connectivity index (χ0v) is 15.3. The van der Waals surface area contributed by atoms with E-state index < -0.39 is 0 Å². The number of nitrogens with zero attached hydrogens (tertiary/aromatic N) is 2. The first-order chi connectivity index (χ1) is 13.1. The van der Waals surface area contributed by atoms with Gasteiger partial charge in [0.2, 0.25) is 11.8 Å². The fourth-order valence-corrected chi connectivity index (χ4v) is 2.74. The van der Waals surface area contributed by atoms with Crippen LogP contribution in [0.2, 0.25) is 0 Å². The molecule has 142 valence electrons. The molecule has 0 atom stereocenters. The maximum Gasteiger partial charge on any atom is 0.246 e. The number of rotatable bonds is 6. The molecule has 2 heterocycles. The van der Waals surface area contributed by atoms with E-state index in [0.29, 0.717) is 11.4 Å². The molecule has 1 fully saturated rings. The number of benzene rings is 1. The third-order valence-electron chi connectivity index (χ3n) is 4.22. The average Bonchev–Trinajstić information content (AvgIpc) is 3.21. The molecule has 1 N–H and O–H groups in total. The molecular weight excluding hydrogens is 346 g/mol. The maximum absolute atomic E-state index is 12.2. The highest BCUT2D eigenvalue weighted by Crippen LogP contribution is 2.19. The van der Waals surface area contributed by atoms with Crippen LogP contribution in [0.5, 0.6) is 0 Å². The second-order valence-corrected chi connectivity index (χ2v) is 6.24. The van der Waals surface area contributed by atoms with Gasteiger partial charge in [0.25, 0.3) is 0 Å². The molecule has 1 saturated heterocycles. The summed E-state index contributed by atoms with van der Waals surface area (Å²) >= 11 is 0. The SMILES string of the molecule is CN(CC(=O)Nc1ccc(N2CCOCC2)cc1)C(=O)C=Cc1ccco1. The summed E-state index contributed by atoms with van der Waals surface area (Å²) < 4.78 is 10.5. The topological polar surface area (TPSA) is 75.0 Å². The van der Waals surface area contributed by atoms with Crippen LogP contribution in [0, 0.1) is 0 Å². The molecule has 1 aromatic heterocycles. The van der Waals surface area contributed by atoms with Gasteiger partial charge in [-0.25, -0.2) is 0 Å². The van der Waals surface area contributed by atoms with Crippen molar-refractivity contribution in [3.63, 3.8) is 0 Å². The normalized spacial score (nSPS) is 14.3. The van der Waals surface area contributed by atoms with Gasteiger partial charge in [-0.05, 0) is 42.5 Å². The Labute approximate surface area is 158 Å². The fourth-order valence-electron chi connectivity index (χ4n) is 2.74. The van der Waals surface area contributed by atoms with Gasteiger partial charge in [0.05, 0.1) is 26.0 Å². The quantitative estimate of drug-likeness (QED) is 0.791. The van der Waals surface area contributed by atoms with Gasteiger partial charge in [-0.2, -0.15) is 0 Å². The molecular formula is C20H23N3O4. The maximum atomic E-state index is 12.2. The van der Waals surface area contributed by atoms with Crippen LogP contribution in [0.1, 0.15) is 5.76 Å². The number of morpholine rings is 1. The minimum Gasteiger partial charge on any atom is -0.465 e. The molecule has 7 nitrogen and oxygen atoms in total. The van der Waals surface area contributed by atoms with Crippen LogP contribution in [-0.2, 0) is 14.3 Å². The average molecular weight is 369 g/mol. The van der Waals surface area contributed by atoms with Crippen molar-refractivity contribution in [2.24, 2.45) is 0 Å². The molecule has 27 heavy (non-hydrogen) atoms. The van der Waals surface area contributed by atoms with Crippen LogP contribution in [0.25, 0.3) is 6.08 Å². The van der Waals surface area contributed by atoms with Gasteiger partial charge < -0.3 is 24.3 Å². The third-order valence-corrected chi connectivity index (χ3v) is 4.22. The Bertz CT molecular complexity index is 778. The molecule has 3 rings (SSSR count). The Morgan fingerprint density at radius 3 is 2.59 bits per heavy atom. The number of amides is 2. The highest BCUT2D eigenvalue weighted by atomic mass is 16.5. The number of anilines is 2. The van der Waals surface area contributed by atoms with E-state index in [1.165, 1.54) is 17.2 Å². The molecule has 1 aliphatic heterocycles. The van der Waals surface area contributed by atoms with Gasteiger partial charge in [-0.3, -0.25) is 9.59 Å². The number of likely N-dealkylation sites (N-methyl/N-ethyl adjacent to an activating group) is 1. The van der Waals surface area contributed by atoms with Crippen molar-refractivity contribution < 1.29 is 18.7 Å². The van der Waals surface area contributed by atoms with Gasteiger partial charge in [0.1, 0.15) is 5.76 Å². The molecule has 0 radical (unpaired) electrons. The van der Waals surface area contributed by atoms with Gasteiger partial charge in [0, 0.05) is 37.6 Å². The molecule has 0 bridgehead atoms. The molecule has 7 heteroatoms. The van der Waals surface area contributed by atoms with Crippen LogP contribution >= 0.6 is 0 Å². The number of ether oxygens (including phenoxy) is 1. The highest BCUT2D eigenvalue weighted by Gasteiger charge is 2.13. The van der Waals surface area contributed by atoms with Gasteiger partial charge in [-0.15, -0.1) is 0 Å². The summed E-state index contributed by atoms with van der Waals surface area (Å²) in [5, 5.41) is 2.81. The van der Waals surface area contributed by atoms with E-state index in [2.05, 4.69) is 10.2 Å². The first-order valence-corrected chi connectivity index (χ1v) is 8.81. The zero-order valence-electron chi connectivity index (χ0n) is 15.3. The summed E-state index contributed by atoms with van der Waals surface area (Å²) in [7, 11) is 1.58. The monoisotopic (exact) mass is 369 g/mol. The largest absolute Gasteiger partial charge is 0.465 e. The molecule has 0 spiro atoms. The Kier molecular flexibility index (Phi) is 6.27. The van der Waals surface area contributed by atoms with Crippen LogP contribution < -0.4 is 10.2 Å². The predicted molar refractivity (Wildman–Crippen MR) is 103 cm³/mol. The lowest BCUT2D eigenvalue weighted by Crippen LogP contribution is -2.36. The first-order valence-electron chi connectivity index (χ1n) is 8.81. The van der Waals surface area contributed by atoms with Crippen LogP contribution in [0.15, 0.2) is 53.2 Å². The van der Waals surface area contributed by atoms with Crippen LogP contribution in [0.3, 0.4) is 0 Å². The lowest BCUT2D eigenvalue weighted by atomic mass is 10.2. The van der Waals surface area contributed by atoms with Crippen molar-refractivity contribution in [1.29, 1.82) is 0 Å². The van der Waals surface area contributed by atoms with Crippen molar-refractivity contribution >= 4 is 29.3 Å². The van der Waals surface area contributed by atoms with Crippen LogP contribution in [-0.4, -0.2) is 56.6 Å². The van der Waals surface area contributed by atoms with Gasteiger partial charge in [-0.1, -0.05) is 0 Å². The summed E-state index contributed by atoms with van der Waals surface area (Å²) in [6.07, 6.45) is 4.48. The van der Waals surface area contributed by atoms with Crippen molar-refractivity contribution in [2.75, 3.05) is 50.1 Å². The standard InChI is InChI=1S/C20H23N3O4/c1-22(20(25)9-8-18-3-2-12-27-18)15-19(24)21-16-4-6-17(7-5-16)23-10-13-26-14-11-23/h2-9,12H,10-11,13-15H2,1H3,(H,21,24). The van der Waals surface area contributed by atoms with E-state index in [0.717, 1.165) is 32.0 Å². The Balaban J connectivity index is 1.48. The zero-order chi connectivity index (χ0) is 19.1. The summed E-state index contributed by atoms with van der Waals surface area (Å²) in [4.78, 5) is 27.8. The summed E-state index contributed by atoms with van der Waals surface area (Å²) in [6.45, 7) is 3.15. The summed E-state index contributed by atoms with van der Waals surface area (Å²) in [5.41, 5.74) is 1.80. The lowest BCUT2D eigenvalue weighted by molar-refractivity contribution is -0.129. The number of hydrogen-bond donors (Lipinski definition) is 1. The predicted octanol–water partition coefficient (Wildman–Crippen LogP) is 2.23. The number of furan rings is 1. The van der Waals surface area contributed by atoms with Gasteiger partial charge in [0.15, 0.2) is 0 Å². The number of nitrogens with one attached hydrogen (secondary N) is 1. The molecule has 2 amide bonds. The van der Waals surface area contributed by atoms with Gasteiger partial charge >= 0.3 is 0 Å². The smallest absolute Gasteiger partial charge is 0.246 e. The number of carbonyl (C=O) groups is 2. The van der Waals surface area contributed by atoms with E-state index in [4.69, 9.17) is 9.15 Å². The van der Waals surface area contributed by atoms with Crippen molar-refractivity contribution in [2.45, 2.75) is 0 Å². The first kappa shape index (κ1) is 18.7.